The summed E-state index contributed by atoms with van der Waals surface area (Å²) in [6, 6.07) is 14.8. The van der Waals surface area contributed by atoms with Crippen molar-refractivity contribution in [2.75, 3.05) is 35.8 Å². The van der Waals surface area contributed by atoms with Crippen LogP contribution in [0.25, 0.3) is 0 Å². The van der Waals surface area contributed by atoms with Crippen molar-refractivity contribution < 1.29 is 30.0 Å². The molecule has 0 spiro atoms. The van der Waals surface area contributed by atoms with Gasteiger partial charge in [0.15, 0.2) is 0 Å². The average molecular weight is 578 g/mol. The molecule has 1 amide bonds. The van der Waals surface area contributed by atoms with Gasteiger partial charge in [-0.25, -0.2) is 12.8 Å². The second-order valence-corrected chi connectivity index (χ2v) is 10.5. The van der Waals surface area contributed by atoms with Gasteiger partial charge in [-0.05, 0) is 54.6 Å². The van der Waals surface area contributed by atoms with Crippen LogP contribution >= 0.6 is 34.8 Å². The summed E-state index contributed by atoms with van der Waals surface area (Å²) < 4.78 is 41.6. The van der Waals surface area contributed by atoms with Gasteiger partial charge in [0.25, 0.3) is 15.9 Å². The van der Waals surface area contributed by atoms with Crippen molar-refractivity contribution in [3.8, 4) is 0 Å². The number of rotatable bonds is 5. The first kappa shape index (κ1) is 27.4. The first-order chi connectivity index (χ1) is 16.1. The third kappa shape index (κ3) is 6.32. The number of carbonyl (C=O) groups is 1. The number of halogens is 5. The number of nitrogens with zero attached hydrogens (tertiary/aromatic N) is 2. The molecule has 6 nitrogen and oxygen atoms in total. The van der Waals surface area contributed by atoms with Crippen LogP contribution in [0.1, 0.15) is 10.4 Å². The molecule has 0 radical (unpaired) electrons. The third-order valence-electron chi connectivity index (χ3n) is 5.38. The maximum Gasteiger partial charge on any atom is 0.263 e. The Bertz CT molecular complexity index is 1330. The zero-order valence-electron chi connectivity index (χ0n) is 18.0. The lowest BCUT2D eigenvalue weighted by Gasteiger charge is -2.36. The van der Waals surface area contributed by atoms with E-state index >= 15 is 0 Å². The molecular weight excluding hydrogens is 559 g/mol. The molecule has 1 heterocycles. The number of hydrogen-bond acceptors (Lipinski definition) is 4. The molecule has 186 valence electrons. The summed E-state index contributed by atoms with van der Waals surface area (Å²) in [4.78, 5) is 16.6. The largest absolute Gasteiger partial charge is 1.00 e. The summed E-state index contributed by atoms with van der Waals surface area (Å²) in [5.74, 6) is -0.717. The first-order valence-electron chi connectivity index (χ1n) is 10.2. The highest BCUT2D eigenvalue weighted by atomic mass is 35.5. The smallest absolute Gasteiger partial charge is 0.263 e. The fourth-order valence-electron chi connectivity index (χ4n) is 3.65. The van der Waals surface area contributed by atoms with Crippen LogP contribution in [0.5, 0.6) is 0 Å². The molecule has 12 heteroatoms. The number of piperazine rings is 1. The van der Waals surface area contributed by atoms with Gasteiger partial charge in [-0.15, -0.1) is 0 Å². The lowest BCUT2D eigenvalue weighted by Crippen LogP contribution is -3.00. The van der Waals surface area contributed by atoms with Crippen LogP contribution in [0, 0.1) is 5.82 Å². The molecule has 0 aliphatic carbocycles. The highest BCUT2D eigenvalue weighted by molar-refractivity contribution is 7.92. The Morgan fingerprint density at radius 2 is 1.54 bits per heavy atom. The second kappa shape index (κ2) is 11.2. The maximum atomic E-state index is 13.2. The van der Waals surface area contributed by atoms with Gasteiger partial charge in [-0.3, -0.25) is 9.52 Å². The molecule has 3 aromatic carbocycles. The molecule has 0 bridgehead atoms. The number of anilines is 2. The quantitative estimate of drug-likeness (QED) is 0.506. The number of hydrogen-bond donors (Lipinski definition) is 1. The van der Waals surface area contributed by atoms with E-state index in [0.29, 0.717) is 31.2 Å². The van der Waals surface area contributed by atoms with E-state index in [-0.39, 0.29) is 44.4 Å². The van der Waals surface area contributed by atoms with Crippen LogP contribution < -0.4 is 22.0 Å². The molecule has 1 N–H and O–H groups in total. The van der Waals surface area contributed by atoms with Gasteiger partial charge >= 0.3 is 0 Å². The Hall–Kier alpha value is -2.23. The van der Waals surface area contributed by atoms with Crippen molar-refractivity contribution in [1.82, 2.24) is 4.90 Å². The Balaban J connectivity index is 0.00000342. The first-order valence-corrected chi connectivity index (χ1v) is 12.8. The molecule has 3 aromatic rings. The Kier molecular flexibility index (Phi) is 8.77. The van der Waals surface area contributed by atoms with E-state index < -0.39 is 15.9 Å². The van der Waals surface area contributed by atoms with Crippen LogP contribution in [0.4, 0.5) is 15.8 Å². The average Bonchev–Trinajstić information content (AvgIpc) is 2.79. The zero-order chi connectivity index (χ0) is 24.5. The number of nitrogens with one attached hydrogen (secondary N) is 1. The van der Waals surface area contributed by atoms with Crippen molar-refractivity contribution in [3.63, 3.8) is 0 Å². The van der Waals surface area contributed by atoms with Gasteiger partial charge in [0.05, 0.1) is 21.3 Å². The zero-order valence-corrected chi connectivity index (χ0v) is 21.9. The topological polar surface area (TPSA) is 69.7 Å². The molecular formula is C23H19Cl4FN3O3S-. The summed E-state index contributed by atoms with van der Waals surface area (Å²) >= 11 is 18.4. The fraction of sp³-hybridized carbons (Fsp3) is 0.174. The van der Waals surface area contributed by atoms with Gasteiger partial charge in [-0.2, -0.15) is 0 Å². The van der Waals surface area contributed by atoms with Crippen molar-refractivity contribution >= 4 is 62.1 Å². The summed E-state index contributed by atoms with van der Waals surface area (Å²) in [6.07, 6.45) is 0. The predicted octanol–water partition coefficient (Wildman–Crippen LogP) is 2.55. The van der Waals surface area contributed by atoms with Crippen LogP contribution in [-0.4, -0.2) is 45.4 Å². The molecule has 0 unspecified atom stereocenters. The van der Waals surface area contributed by atoms with Crippen LogP contribution in [0.3, 0.4) is 0 Å². The van der Waals surface area contributed by atoms with Crippen molar-refractivity contribution in [2.45, 2.75) is 4.90 Å². The number of amides is 1. The van der Waals surface area contributed by atoms with Gasteiger partial charge < -0.3 is 22.2 Å². The van der Waals surface area contributed by atoms with Crippen LogP contribution in [-0.2, 0) is 10.0 Å². The number of carbonyl (C=O) groups excluding carboxylic acids is 1. The minimum atomic E-state index is -4.12. The molecule has 0 saturated carbocycles. The summed E-state index contributed by atoms with van der Waals surface area (Å²) in [5.41, 5.74) is 1.15. The van der Waals surface area contributed by atoms with E-state index in [9.17, 15) is 17.6 Å². The molecule has 1 aliphatic rings. The maximum absolute atomic E-state index is 13.2. The van der Waals surface area contributed by atoms with Crippen molar-refractivity contribution in [2.24, 2.45) is 0 Å². The number of benzene rings is 3. The molecule has 35 heavy (non-hydrogen) atoms. The molecule has 1 saturated heterocycles. The number of sulfonamides is 1. The predicted molar refractivity (Wildman–Crippen MR) is 133 cm³/mol. The van der Waals surface area contributed by atoms with Crippen molar-refractivity contribution in [1.29, 1.82) is 0 Å². The Morgan fingerprint density at radius 3 is 2.17 bits per heavy atom. The Labute approximate surface area is 224 Å². The van der Waals surface area contributed by atoms with E-state index in [2.05, 4.69) is 4.72 Å². The molecule has 1 fully saturated rings. The molecule has 4 rings (SSSR count). The van der Waals surface area contributed by atoms with Gasteiger partial charge in [0.1, 0.15) is 10.7 Å². The third-order valence-corrected chi connectivity index (χ3v) is 7.77. The Morgan fingerprint density at radius 1 is 0.886 bits per heavy atom. The lowest BCUT2D eigenvalue weighted by atomic mass is 10.1. The van der Waals surface area contributed by atoms with E-state index in [0.717, 1.165) is 5.69 Å². The molecule has 1 aliphatic heterocycles. The lowest BCUT2D eigenvalue weighted by molar-refractivity contribution is -0.0000194. The van der Waals surface area contributed by atoms with Gasteiger partial charge in [-0.1, -0.05) is 40.9 Å². The van der Waals surface area contributed by atoms with E-state index in [4.69, 9.17) is 34.8 Å². The standard InChI is InChI=1S/C23H19Cl3FN3O3S.ClH/c24-15-2-1-3-17(12-15)28-34(32,33)22-13-19(20(25)14-21(22)26)23(31)30-10-8-29(9-11-30)18-6-4-16(27)5-7-18;/h1-7,12-14,28H,8-11H2;1H/p-1. The normalized spacial score (nSPS) is 13.8. The van der Waals surface area contributed by atoms with E-state index in [1.165, 1.54) is 30.3 Å². The summed E-state index contributed by atoms with van der Waals surface area (Å²) in [6.45, 7) is 1.84. The minimum absolute atomic E-state index is 0. The minimum Gasteiger partial charge on any atom is -1.00 e. The van der Waals surface area contributed by atoms with Gasteiger partial charge in [0.2, 0.25) is 0 Å². The van der Waals surface area contributed by atoms with Crippen molar-refractivity contribution in [3.05, 3.63) is 87.1 Å². The molecule has 0 atom stereocenters. The SMILES string of the molecule is O=C(c1cc(S(=O)(=O)Nc2cccc(Cl)c2)c(Cl)cc1Cl)N1CCN(c2ccc(F)cc2)CC1.[Cl-]. The fourth-order valence-corrected chi connectivity index (χ4v) is 5.75. The van der Waals surface area contributed by atoms with E-state index in [1.807, 2.05) is 4.90 Å². The summed E-state index contributed by atoms with van der Waals surface area (Å²) in [7, 11) is -4.12. The van der Waals surface area contributed by atoms with Crippen LogP contribution in [0.2, 0.25) is 15.1 Å². The monoisotopic (exact) mass is 576 g/mol. The highest BCUT2D eigenvalue weighted by Gasteiger charge is 2.27. The van der Waals surface area contributed by atoms with Crippen LogP contribution in [0.15, 0.2) is 65.6 Å². The summed E-state index contributed by atoms with van der Waals surface area (Å²) in [5, 5.41) is 0.299. The molecule has 0 aromatic heterocycles. The second-order valence-electron chi connectivity index (χ2n) is 7.63. The van der Waals surface area contributed by atoms with Gasteiger partial charge in [0, 0.05) is 36.9 Å². The highest BCUT2D eigenvalue weighted by Crippen LogP contribution is 2.31. The van der Waals surface area contributed by atoms with E-state index in [1.54, 1.807) is 35.2 Å².